The largest absolute Gasteiger partial charge is 0.412 e. The maximum absolute atomic E-state index is 12.4. The number of hydrogen-bond donors (Lipinski definition) is 3. The molecule has 208 valence electrons. The van der Waals surface area contributed by atoms with Crippen molar-refractivity contribution in [1.29, 1.82) is 0 Å². The van der Waals surface area contributed by atoms with Crippen LogP contribution in [0.1, 0.15) is 38.0 Å². The number of aromatic amines is 1. The first-order valence-electron chi connectivity index (χ1n) is 13.1. The van der Waals surface area contributed by atoms with E-state index in [0.29, 0.717) is 64.7 Å². The zero-order valence-corrected chi connectivity index (χ0v) is 23.4. The molecule has 11 nitrogen and oxygen atoms in total. The molecule has 1 aromatic rings. The minimum Gasteiger partial charge on any atom is -0.412 e. The van der Waals surface area contributed by atoms with Gasteiger partial charge in [0, 0.05) is 37.8 Å². The molecule has 2 heterocycles. The van der Waals surface area contributed by atoms with E-state index in [1.807, 2.05) is 0 Å². The minimum atomic E-state index is -1.90. The second-order valence-electron chi connectivity index (χ2n) is 9.70. The van der Waals surface area contributed by atoms with Crippen molar-refractivity contribution in [3.05, 3.63) is 32.6 Å². The quantitative estimate of drug-likeness (QED) is 0.177. The molecule has 0 radical (unpaired) electrons. The standard InChI is InChI=1S/C24H46N4O7Si/c1-5-6-15-36(3,4)35-20-16-22(28-17-19(2)23(29)27-24(28)30)34-21(20)18-33-12-9-26-8-11-32-14-13-31-10-7-25/h17,20-22,26H,5-16,18,25H2,1-4H3,(H,27,29,30)/t20-,21+,22+/m0/s1. The fourth-order valence-electron chi connectivity index (χ4n) is 4.03. The number of nitrogens with two attached hydrogens (primary N) is 1. The first kappa shape index (κ1) is 30.8. The Labute approximate surface area is 215 Å². The lowest BCUT2D eigenvalue weighted by molar-refractivity contribution is -0.0606. The monoisotopic (exact) mass is 530 g/mol. The third-order valence-corrected chi connectivity index (χ3v) is 8.50. The van der Waals surface area contributed by atoms with Gasteiger partial charge >= 0.3 is 5.69 Å². The first-order valence-corrected chi connectivity index (χ1v) is 16.2. The molecular weight excluding hydrogens is 484 g/mol. The second-order valence-corrected chi connectivity index (χ2v) is 14.0. The van der Waals surface area contributed by atoms with Crippen LogP contribution in [0.2, 0.25) is 19.1 Å². The van der Waals surface area contributed by atoms with Crippen LogP contribution in [0.5, 0.6) is 0 Å². The molecule has 0 amide bonds. The van der Waals surface area contributed by atoms with Crippen molar-refractivity contribution in [2.24, 2.45) is 5.73 Å². The summed E-state index contributed by atoms with van der Waals surface area (Å²) in [6.07, 6.45) is 3.38. The third-order valence-electron chi connectivity index (χ3n) is 6.00. The summed E-state index contributed by atoms with van der Waals surface area (Å²) >= 11 is 0. The number of nitrogens with one attached hydrogen (secondary N) is 2. The van der Waals surface area contributed by atoms with Crippen LogP contribution in [-0.4, -0.2) is 89.4 Å². The Bertz CT molecular complexity index is 864. The highest BCUT2D eigenvalue weighted by Gasteiger charge is 2.40. The molecule has 0 spiro atoms. The van der Waals surface area contributed by atoms with Gasteiger partial charge in [0.05, 0.1) is 45.7 Å². The van der Waals surface area contributed by atoms with E-state index >= 15 is 0 Å². The van der Waals surface area contributed by atoms with Gasteiger partial charge in [0.1, 0.15) is 12.3 Å². The number of rotatable bonds is 19. The number of unbranched alkanes of at least 4 members (excludes halogenated alkanes) is 1. The summed E-state index contributed by atoms with van der Waals surface area (Å²) in [5.41, 5.74) is 4.97. The highest BCUT2D eigenvalue weighted by atomic mass is 28.4. The Morgan fingerprint density at radius 3 is 2.53 bits per heavy atom. The number of aryl methyl sites for hydroxylation is 1. The van der Waals surface area contributed by atoms with Gasteiger partial charge < -0.3 is 34.4 Å². The molecule has 1 aliphatic rings. The average Bonchev–Trinajstić information content (AvgIpc) is 3.22. The predicted octanol–water partition coefficient (Wildman–Crippen LogP) is 1.12. The van der Waals surface area contributed by atoms with E-state index in [4.69, 9.17) is 29.1 Å². The van der Waals surface area contributed by atoms with Crippen molar-refractivity contribution >= 4 is 8.32 Å². The second kappa shape index (κ2) is 16.5. The van der Waals surface area contributed by atoms with Crippen LogP contribution in [0.4, 0.5) is 0 Å². The molecule has 12 heteroatoms. The smallest absolute Gasteiger partial charge is 0.330 e. The summed E-state index contributed by atoms with van der Waals surface area (Å²) < 4.78 is 31.0. The summed E-state index contributed by atoms with van der Waals surface area (Å²) in [6.45, 7) is 13.4. The van der Waals surface area contributed by atoms with Crippen LogP contribution in [0.15, 0.2) is 15.8 Å². The lowest BCUT2D eigenvalue weighted by Crippen LogP contribution is -2.40. The molecule has 3 atom stereocenters. The predicted molar refractivity (Wildman–Crippen MR) is 141 cm³/mol. The highest BCUT2D eigenvalue weighted by Crippen LogP contribution is 2.33. The zero-order valence-electron chi connectivity index (χ0n) is 22.4. The summed E-state index contributed by atoms with van der Waals surface area (Å²) in [5.74, 6) is 0. The summed E-state index contributed by atoms with van der Waals surface area (Å²) in [5, 5.41) is 3.28. The van der Waals surface area contributed by atoms with Gasteiger partial charge in [-0.15, -0.1) is 0 Å². The first-order chi connectivity index (χ1) is 17.3. The van der Waals surface area contributed by atoms with E-state index in [-0.39, 0.29) is 17.8 Å². The molecule has 0 saturated carbocycles. The Morgan fingerprint density at radius 2 is 1.83 bits per heavy atom. The van der Waals surface area contributed by atoms with E-state index < -0.39 is 20.2 Å². The van der Waals surface area contributed by atoms with Gasteiger partial charge in [-0.05, 0) is 26.1 Å². The average molecular weight is 531 g/mol. The molecule has 1 aromatic heterocycles. The molecule has 0 aliphatic carbocycles. The van der Waals surface area contributed by atoms with Crippen LogP contribution in [-0.2, 0) is 23.4 Å². The highest BCUT2D eigenvalue weighted by molar-refractivity contribution is 6.71. The van der Waals surface area contributed by atoms with E-state index in [1.165, 1.54) is 4.57 Å². The zero-order chi connectivity index (χ0) is 26.4. The van der Waals surface area contributed by atoms with E-state index in [2.05, 4.69) is 30.3 Å². The lowest BCUT2D eigenvalue weighted by atomic mass is 10.2. The maximum Gasteiger partial charge on any atom is 0.330 e. The topological polar surface area (TPSA) is 139 Å². The number of hydrogen-bond acceptors (Lipinski definition) is 9. The molecule has 1 aliphatic heterocycles. The van der Waals surface area contributed by atoms with Gasteiger partial charge in [-0.2, -0.15) is 0 Å². The third kappa shape index (κ3) is 10.9. The Morgan fingerprint density at radius 1 is 1.14 bits per heavy atom. The Kier molecular flexibility index (Phi) is 14.1. The normalized spacial score (nSPS) is 20.3. The van der Waals surface area contributed by atoms with Crippen molar-refractivity contribution < 1.29 is 23.4 Å². The fourth-order valence-corrected chi connectivity index (χ4v) is 6.43. The maximum atomic E-state index is 12.4. The van der Waals surface area contributed by atoms with Crippen LogP contribution in [0.25, 0.3) is 0 Å². The van der Waals surface area contributed by atoms with Gasteiger partial charge in [-0.1, -0.05) is 19.8 Å². The van der Waals surface area contributed by atoms with Crippen LogP contribution in [0, 0.1) is 6.92 Å². The van der Waals surface area contributed by atoms with Crippen LogP contribution in [0.3, 0.4) is 0 Å². The van der Waals surface area contributed by atoms with Gasteiger partial charge in [-0.3, -0.25) is 14.3 Å². The van der Waals surface area contributed by atoms with Gasteiger partial charge in [0.2, 0.25) is 0 Å². The van der Waals surface area contributed by atoms with Crippen LogP contribution < -0.4 is 22.3 Å². The molecule has 2 rings (SSSR count). The lowest BCUT2D eigenvalue weighted by Gasteiger charge is -2.29. The molecule has 1 fully saturated rings. The van der Waals surface area contributed by atoms with Crippen molar-refractivity contribution in [2.45, 2.75) is 70.7 Å². The van der Waals surface area contributed by atoms with Crippen molar-refractivity contribution in [3.63, 3.8) is 0 Å². The molecule has 4 N–H and O–H groups in total. The SMILES string of the molecule is CCCC[Si](C)(C)O[C@H]1C[C@H](n2cc(C)c(=O)[nH]c2=O)O[C@@H]1COCCNCCOCCOCCN. The number of aromatic nitrogens is 2. The van der Waals surface area contributed by atoms with Gasteiger partial charge in [0.15, 0.2) is 8.32 Å². The van der Waals surface area contributed by atoms with Crippen LogP contribution >= 0.6 is 0 Å². The van der Waals surface area contributed by atoms with E-state index in [1.54, 1.807) is 13.1 Å². The molecule has 0 aromatic carbocycles. The van der Waals surface area contributed by atoms with Crippen molar-refractivity contribution in [3.8, 4) is 0 Å². The fraction of sp³-hybridized carbons (Fsp3) is 0.833. The van der Waals surface area contributed by atoms with Crippen molar-refractivity contribution in [1.82, 2.24) is 14.9 Å². The van der Waals surface area contributed by atoms with Gasteiger partial charge in [0.25, 0.3) is 5.56 Å². The molecule has 0 bridgehead atoms. The number of nitrogens with zero attached hydrogens (tertiary/aromatic N) is 1. The van der Waals surface area contributed by atoms with Gasteiger partial charge in [-0.25, -0.2) is 4.79 Å². The molecular formula is C24H46N4O7Si. The van der Waals surface area contributed by atoms with E-state index in [9.17, 15) is 9.59 Å². The molecule has 0 unspecified atom stereocenters. The van der Waals surface area contributed by atoms with E-state index in [0.717, 1.165) is 25.4 Å². The summed E-state index contributed by atoms with van der Waals surface area (Å²) in [4.78, 5) is 26.6. The Hall–Kier alpha value is -1.38. The molecule has 1 saturated heterocycles. The number of ether oxygens (including phenoxy) is 4. The minimum absolute atomic E-state index is 0.171. The molecule has 36 heavy (non-hydrogen) atoms. The number of H-pyrrole nitrogens is 1. The Balaban J connectivity index is 1.83. The summed E-state index contributed by atoms with van der Waals surface area (Å²) in [7, 11) is -1.90. The van der Waals surface area contributed by atoms with Crippen molar-refractivity contribution in [2.75, 3.05) is 59.3 Å². The summed E-state index contributed by atoms with van der Waals surface area (Å²) in [6, 6.07) is 1.07.